The molecule has 19 heavy (non-hydrogen) atoms. The average molecular weight is 358 g/mol. The summed E-state index contributed by atoms with van der Waals surface area (Å²) in [6.45, 7) is 0. The van der Waals surface area contributed by atoms with Crippen LogP contribution in [0.1, 0.15) is 0 Å². The highest BCUT2D eigenvalue weighted by atomic mass is 79.9. The maximum atomic E-state index is 13.1. The van der Waals surface area contributed by atoms with Crippen molar-refractivity contribution in [3.8, 4) is 0 Å². The number of hydrogen-bond donors (Lipinski definition) is 1. The lowest BCUT2D eigenvalue weighted by molar-refractivity contribution is 0.630. The normalized spacial score (nSPS) is 10.9. The van der Waals surface area contributed by atoms with Crippen molar-refractivity contribution >= 4 is 59.9 Å². The SMILES string of the molecule is Fc1ccc2nc(Nc3cc(Br)ccc3Cl)sc2c1. The second kappa shape index (κ2) is 5.07. The van der Waals surface area contributed by atoms with Crippen molar-refractivity contribution in [1.82, 2.24) is 4.98 Å². The van der Waals surface area contributed by atoms with Gasteiger partial charge >= 0.3 is 0 Å². The molecule has 0 atom stereocenters. The third kappa shape index (κ3) is 2.73. The van der Waals surface area contributed by atoms with E-state index in [1.807, 2.05) is 12.1 Å². The number of anilines is 2. The van der Waals surface area contributed by atoms with E-state index in [2.05, 4.69) is 26.2 Å². The van der Waals surface area contributed by atoms with Gasteiger partial charge < -0.3 is 5.32 Å². The van der Waals surface area contributed by atoms with Crippen molar-refractivity contribution in [2.24, 2.45) is 0 Å². The van der Waals surface area contributed by atoms with Crippen LogP contribution in [0.25, 0.3) is 10.2 Å². The molecule has 0 fully saturated rings. The number of nitrogens with zero attached hydrogens (tertiary/aromatic N) is 1. The average Bonchev–Trinajstić information content (AvgIpc) is 2.75. The van der Waals surface area contributed by atoms with Gasteiger partial charge in [-0.05, 0) is 36.4 Å². The predicted octanol–water partition coefficient (Wildman–Crippen LogP) is 5.59. The minimum Gasteiger partial charge on any atom is -0.330 e. The van der Waals surface area contributed by atoms with E-state index in [0.29, 0.717) is 10.2 Å². The molecule has 1 N–H and O–H groups in total. The van der Waals surface area contributed by atoms with Crippen molar-refractivity contribution in [3.63, 3.8) is 0 Å². The van der Waals surface area contributed by atoms with E-state index in [1.165, 1.54) is 23.5 Å². The summed E-state index contributed by atoms with van der Waals surface area (Å²) in [5, 5.41) is 4.43. The van der Waals surface area contributed by atoms with Crippen LogP contribution in [0, 0.1) is 5.82 Å². The first-order chi connectivity index (χ1) is 9.11. The van der Waals surface area contributed by atoms with E-state index in [4.69, 9.17) is 11.6 Å². The summed E-state index contributed by atoms with van der Waals surface area (Å²) in [4.78, 5) is 4.39. The van der Waals surface area contributed by atoms with Crippen LogP contribution >= 0.6 is 38.9 Å². The molecular formula is C13H7BrClFN2S. The molecule has 0 bridgehead atoms. The van der Waals surface area contributed by atoms with Gasteiger partial charge in [-0.25, -0.2) is 9.37 Å². The molecule has 0 saturated heterocycles. The largest absolute Gasteiger partial charge is 0.330 e. The lowest BCUT2D eigenvalue weighted by atomic mass is 10.3. The third-order valence-electron chi connectivity index (χ3n) is 2.52. The number of benzene rings is 2. The van der Waals surface area contributed by atoms with E-state index in [-0.39, 0.29) is 5.82 Å². The minimum atomic E-state index is -0.261. The Morgan fingerprint density at radius 1 is 1.21 bits per heavy atom. The molecule has 96 valence electrons. The first-order valence-electron chi connectivity index (χ1n) is 5.40. The topological polar surface area (TPSA) is 24.9 Å². The fourth-order valence-electron chi connectivity index (χ4n) is 1.66. The first-order valence-corrected chi connectivity index (χ1v) is 7.39. The van der Waals surface area contributed by atoms with Crippen LogP contribution in [0.15, 0.2) is 40.9 Å². The monoisotopic (exact) mass is 356 g/mol. The minimum absolute atomic E-state index is 0.261. The van der Waals surface area contributed by atoms with Gasteiger partial charge in [-0.2, -0.15) is 0 Å². The summed E-state index contributed by atoms with van der Waals surface area (Å²) >= 11 is 10.9. The number of rotatable bonds is 2. The molecule has 1 heterocycles. The Morgan fingerprint density at radius 2 is 2.05 bits per heavy atom. The van der Waals surface area contributed by atoms with Crippen molar-refractivity contribution < 1.29 is 4.39 Å². The zero-order valence-corrected chi connectivity index (χ0v) is 12.6. The summed E-state index contributed by atoms with van der Waals surface area (Å²) in [7, 11) is 0. The van der Waals surface area contributed by atoms with Gasteiger partial charge in [-0.15, -0.1) is 0 Å². The number of aromatic nitrogens is 1. The molecule has 2 nitrogen and oxygen atoms in total. The van der Waals surface area contributed by atoms with E-state index in [0.717, 1.165) is 20.4 Å². The fraction of sp³-hybridized carbons (Fsp3) is 0. The molecule has 1 aromatic heterocycles. The molecule has 0 aliphatic carbocycles. The lowest BCUT2D eigenvalue weighted by Gasteiger charge is -2.05. The Morgan fingerprint density at radius 3 is 2.89 bits per heavy atom. The van der Waals surface area contributed by atoms with Crippen molar-refractivity contribution in [1.29, 1.82) is 0 Å². The first kappa shape index (κ1) is 12.8. The van der Waals surface area contributed by atoms with E-state index < -0.39 is 0 Å². The molecular weight excluding hydrogens is 351 g/mol. The summed E-state index contributed by atoms with van der Waals surface area (Å²) in [6.07, 6.45) is 0. The van der Waals surface area contributed by atoms with Crippen LogP contribution in [0.3, 0.4) is 0 Å². The highest BCUT2D eigenvalue weighted by Crippen LogP contribution is 2.32. The van der Waals surface area contributed by atoms with Gasteiger partial charge in [0.1, 0.15) is 5.82 Å². The Balaban J connectivity index is 1.98. The zero-order valence-electron chi connectivity index (χ0n) is 9.45. The van der Waals surface area contributed by atoms with Gasteiger partial charge in [0.2, 0.25) is 0 Å². The van der Waals surface area contributed by atoms with Crippen molar-refractivity contribution in [2.75, 3.05) is 5.32 Å². The molecule has 3 rings (SSSR count). The van der Waals surface area contributed by atoms with Gasteiger partial charge in [-0.1, -0.05) is 38.9 Å². The van der Waals surface area contributed by atoms with Gasteiger partial charge in [0.15, 0.2) is 5.13 Å². The molecule has 0 radical (unpaired) electrons. The van der Waals surface area contributed by atoms with Gasteiger partial charge in [0.05, 0.1) is 20.9 Å². The van der Waals surface area contributed by atoms with Crippen molar-refractivity contribution in [3.05, 3.63) is 51.7 Å². The smallest absolute Gasteiger partial charge is 0.188 e. The Labute approximate surface area is 126 Å². The predicted molar refractivity (Wildman–Crippen MR) is 82.0 cm³/mol. The third-order valence-corrected chi connectivity index (χ3v) is 4.28. The summed E-state index contributed by atoms with van der Waals surface area (Å²) in [6, 6.07) is 10.1. The van der Waals surface area contributed by atoms with Crippen LogP contribution < -0.4 is 5.32 Å². The maximum Gasteiger partial charge on any atom is 0.188 e. The zero-order chi connectivity index (χ0) is 13.4. The molecule has 0 spiro atoms. The maximum absolute atomic E-state index is 13.1. The van der Waals surface area contributed by atoms with E-state index in [9.17, 15) is 4.39 Å². The number of nitrogens with one attached hydrogen (secondary N) is 1. The Bertz CT molecular complexity index is 759. The standard InChI is InChI=1S/C13H7BrClFN2S/c14-7-1-3-9(15)11(5-7)18-13-17-10-4-2-8(16)6-12(10)19-13/h1-6H,(H,17,18). The van der Waals surface area contributed by atoms with Crippen LogP contribution in [0.4, 0.5) is 15.2 Å². The lowest BCUT2D eigenvalue weighted by Crippen LogP contribution is -1.90. The highest BCUT2D eigenvalue weighted by molar-refractivity contribution is 9.10. The number of hydrogen-bond acceptors (Lipinski definition) is 3. The van der Waals surface area contributed by atoms with E-state index in [1.54, 1.807) is 12.1 Å². The quantitative estimate of drug-likeness (QED) is 0.646. The summed E-state index contributed by atoms with van der Waals surface area (Å²) in [5.74, 6) is -0.261. The molecule has 0 amide bonds. The van der Waals surface area contributed by atoms with Crippen LogP contribution in [0.2, 0.25) is 5.02 Å². The number of fused-ring (bicyclic) bond motifs is 1. The second-order valence-electron chi connectivity index (χ2n) is 3.88. The second-order valence-corrected chi connectivity index (χ2v) is 6.23. The molecule has 3 aromatic rings. The van der Waals surface area contributed by atoms with Gasteiger partial charge in [0.25, 0.3) is 0 Å². The van der Waals surface area contributed by atoms with Crippen LogP contribution in [-0.4, -0.2) is 4.98 Å². The molecule has 2 aromatic carbocycles. The molecule has 0 aliphatic rings. The number of halogens is 3. The van der Waals surface area contributed by atoms with Crippen LogP contribution in [-0.2, 0) is 0 Å². The van der Waals surface area contributed by atoms with E-state index >= 15 is 0 Å². The molecule has 0 unspecified atom stereocenters. The Hall–Kier alpha value is -1.17. The molecule has 0 saturated carbocycles. The molecule has 6 heteroatoms. The summed E-state index contributed by atoms with van der Waals surface area (Å²) < 4.78 is 14.8. The molecule has 0 aliphatic heterocycles. The van der Waals surface area contributed by atoms with Crippen LogP contribution in [0.5, 0.6) is 0 Å². The fourth-order valence-corrected chi connectivity index (χ4v) is 3.09. The van der Waals surface area contributed by atoms with Gasteiger partial charge in [-0.3, -0.25) is 0 Å². The highest BCUT2D eigenvalue weighted by Gasteiger charge is 2.07. The number of thiazole rings is 1. The summed E-state index contributed by atoms with van der Waals surface area (Å²) in [5.41, 5.74) is 1.52. The van der Waals surface area contributed by atoms with Crippen molar-refractivity contribution in [2.45, 2.75) is 0 Å². The Kier molecular flexibility index (Phi) is 3.43. The van der Waals surface area contributed by atoms with Gasteiger partial charge in [0, 0.05) is 4.47 Å².